The fourth-order valence-electron chi connectivity index (χ4n) is 1.46. The minimum atomic E-state index is -0.598. The molecule has 18 heavy (non-hydrogen) atoms. The van der Waals surface area contributed by atoms with E-state index in [4.69, 9.17) is 4.74 Å². The zero-order chi connectivity index (χ0) is 13.5. The van der Waals surface area contributed by atoms with E-state index in [0.29, 0.717) is 17.9 Å². The van der Waals surface area contributed by atoms with Gasteiger partial charge in [0, 0.05) is 18.7 Å². The van der Waals surface area contributed by atoms with Gasteiger partial charge in [-0.1, -0.05) is 6.92 Å². The summed E-state index contributed by atoms with van der Waals surface area (Å²) in [4.78, 5) is 10.1. The van der Waals surface area contributed by atoms with Gasteiger partial charge in [-0.25, -0.2) is 0 Å². The summed E-state index contributed by atoms with van der Waals surface area (Å²) in [7, 11) is 0. The Kier molecular flexibility index (Phi) is 5.54. The number of aryl methyl sites for hydroxylation is 1. The minimum Gasteiger partial charge on any atom is -0.491 e. The van der Waals surface area contributed by atoms with Crippen LogP contribution in [0.4, 0.5) is 5.69 Å². The van der Waals surface area contributed by atoms with Crippen molar-refractivity contribution in [1.82, 2.24) is 5.32 Å². The molecule has 100 valence electrons. The smallest absolute Gasteiger partial charge is 0.269 e. The third-order valence-electron chi connectivity index (χ3n) is 2.43. The molecule has 1 unspecified atom stereocenters. The molecule has 0 saturated heterocycles. The standard InChI is InChI=1S/C12H18N2O4/c1-3-13-7-11(15)8-18-12-5-4-10(14(16)17)6-9(12)2/h4-6,11,13,15H,3,7-8H2,1-2H3. The van der Waals surface area contributed by atoms with E-state index >= 15 is 0 Å². The molecule has 0 aromatic heterocycles. The number of likely N-dealkylation sites (N-methyl/N-ethyl adjacent to an activating group) is 1. The fraction of sp³-hybridized carbons (Fsp3) is 0.500. The second-order valence-electron chi connectivity index (χ2n) is 3.98. The normalized spacial score (nSPS) is 12.2. The van der Waals surface area contributed by atoms with Gasteiger partial charge in [0.2, 0.25) is 0 Å². The molecule has 0 radical (unpaired) electrons. The summed E-state index contributed by atoms with van der Waals surface area (Å²) in [5, 5.41) is 23.1. The monoisotopic (exact) mass is 254 g/mol. The molecule has 1 aromatic carbocycles. The Morgan fingerprint density at radius 1 is 1.56 bits per heavy atom. The highest BCUT2D eigenvalue weighted by Crippen LogP contribution is 2.23. The predicted molar refractivity (Wildman–Crippen MR) is 67.9 cm³/mol. The van der Waals surface area contributed by atoms with Crippen LogP contribution in [0.2, 0.25) is 0 Å². The van der Waals surface area contributed by atoms with Crippen molar-refractivity contribution in [3.8, 4) is 5.75 Å². The van der Waals surface area contributed by atoms with E-state index in [1.807, 2.05) is 6.92 Å². The maximum atomic E-state index is 10.6. The highest BCUT2D eigenvalue weighted by Gasteiger charge is 2.10. The third-order valence-corrected chi connectivity index (χ3v) is 2.43. The summed E-state index contributed by atoms with van der Waals surface area (Å²) in [5.74, 6) is 0.552. The summed E-state index contributed by atoms with van der Waals surface area (Å²) >= 11 is 0. The Balaban J connectivity index is 2.55. The average Bonchev–Trinajstić information content (AvgIpc) is 2.34. The minimum absolute atomic E-state index is 0.0352. The van der Waals surface area contributed by atoms with Crippen LogP contribution in [0.3, 0.4) is 0 Å². The van der Waals surface area contributed by atoms with Crippen LogP contribution < -0.4 is 10.1 Å². The Labute approximate surface area is 106 Å². The molecule has 0 fully saturated rings. The SMILES string of the molecule is CCNCC(O)COc1ccc([N+](=O)[O-])cc1C. The zero-order valence-corrected chi connectivity index (χ0v) is 10.5. The third kappa shape index (κ3) is 4.31. The number of aliphatic hydroxyl groups excluding tert-OH is 1. The second-order valence-corrected chi connectivity index (χ2v) is 3.98. The lowest BCUT2D eigenvalue weighted by Crippen LogP contribution is -2.31. The first kappa shape index (κ1) is 14.4. The van der Waals surface area contributed by atoms with Crippen LogP contribution in [0.5, 0.6) is 5.75 Å². The molecule has 0 aliphatic rings. The molecule has 1 rings (SSSR count). The molecule has 0 saturated carbocycles. The van der Waals surface area contributed by atoms with E-state index in [9.17, 15) is 15.2 Å². The van der Waals surface area contributed by atoms with E-state index in [1.165, 1.54) is 12.1 Å². The van der Waals surface area contributed by atoms with Crippen molar-refractivity contribution < 1.29 is 14.8 Å². The Hall–Kier alpha value is -1.66. The highest BCUT2D eigenvalue weighted by atomic mass is 16.6. The summed E-state index contributed by atoms with van der Waals surface area (Å²) in [5.41, 5.74) is 0.716. The Morgan fingerprint density at radius 2 is 2.28 bits per heavy atom. The van der Waals surface area contributed by atoms with Gasteiger partial charge in [0.05, 0.1) is 4.92 Å². The summed E-state index contributed by atoms with van der Waals surface area (Å²) in [6.45, 7) is 5.09. The van der Waals surface area contributed by atoms with E-state index < -0.39 is 11.0 Å². The van der Waals surface area contributed by atoms with Gasteiger partial charge in [-0.3, -0.25) is 10.1 Å². The molecule has 1 atom stereocenters. The van der Waals surface area contributed by atoms with Crippen LogP contribution in [0.1, 0.15) is 12.5 Å². The van der Waals surface area contributed by atoms with E-state index in [0.717, 1.165) is 6.54 Å². The molecule has 1 aromatic rings. The molecule has 0 aliphatic heterocycles. The molecule has 6 nitrogen and oxygen atoms in total. The van der Waals surface area contributed by atoms with Crippen LogP contribution in [-0.4, -0.2) is 35.8 Å². The van der Waals surface area contributed by atoms with Crippen LogP contribution in [0.25, 0.3) is 0 Å². The molecule has 0 amide bonds. The van der Waals surface area contributed by atoms with Crippen molar-refractivity contribution >= 4 is 5.69 Å². The lowest BCUT2D eigenvalue weighted by Gasteiger charge is -2.13. The topological polar surface area (TPSA) is 84.6 Å². The number of rotatable bonds is 7. The molecule has 0 heterocycles. The van der Waals surface area contributed by atoms with E-state index in [-0.39, 0.29) is 12.3 Å². The van der Waals surface area contributed by atoms with Gasteiger partial charge in [0.1, 0.15) is 18.5 Å². The number of nitro groups is 1. The first-order valence-corrected chi connectivity index (χ1v) is 5.81. The maximum absolute atomic E-state index is 10.6. The molecular formula is C12H18N2O4. The van der Waals surface area contributed by atoms with Gasteiger partial charge in [0.15, 0.2) is 0 Å². The summed E-state index contributed by atoms with van der Waals surface area (Å²) < 4.78 is 5.42. The molecule has 6 heteroatoms. The van der Waals surface area contributed by atoms with Crippen LogP contribution in [0.15, 0.2) is 18.2 Å². The number of hydrogen-bond acceptors (Lipinski definition) is 5. The number of nitrogens with one attached hydrogen (secondary N) is 1. The number of aliphatic hydroxyl groups is 1. The lowest BCUT2D eigenvalue weighted by atomic mass is 10.2. The van der Waals surface area contributed by atoms with Gasteiger partial charge < -0.3 is 15.2 Å². The van der Waals surface area contributed by atoms with Gasteiger partial charge in [-0.2, -0.15) is 0 Å². The van der Waals surface area contributed by atoms with Crippen LogP contribution >= 0.6 is 0 Å². The molecule has 0 aliphatic carbocycles. The first-order chi connectivity index (χ1) is 8.54. The Bertz CT molecular complexity index is 409. The van der Waals surface area contributed by atoms with Gasteiger partial charge >= 0.3 is 0 Å². The predicted octanol–water partition coefficient (Wildman–Crippen LogP) is 1.25. The van der Waals surface area contributed by atoms with Crippen molar-refractivity contribution in [3.63, 3.8) is 0 Å². The van der Waals surface area contributed by atoms with E-state index in [1.54, 1.807) is 13.0 Å². The van der Waals surface area contributed by atoms with Crippen molar-refractivity contribution in [1.29, 1.82) is 0 Å². The summed E-state index contributed by atoms with van der Waals surface area (Å²) in [6.07, 6.45) is -0.598. The van der Waals surface area contributed by atoms with Crippen molar-refractivity contribution in [2.75, 3.05) is 19.7 Å². The van der Waals surface area contributed by atoms with Gasteiger partial charge in [-0.15, -0.1) is 0 Å². The highest BCUT2D eigenvalue weighted by molar-refractivity contribution is 5.42. The number of nitrogens with zero attached hydrogens (tertiary/aromatic N) is 1. The van der Waals surface area contributed by atoms with Crippen molar-refractivity contribution in [3.05, 3.63) is 33.9 Å². The van der Waals surface area contributed by atoms with E-state index in [2.05, 4.69) is 5.32 Å². The Morgan fingerprint density at radius 3 is 2.83 bits per heavy atom. The molecular weight excluding hydrogens is 236 g/mol. The van der Waals surface area contributed by atoms with Crippen molar-refractivity contribution in [2.24, 2.45) is 0 Å². The maximum Gasteiger partial charge on any atom is 0.269 e. The number of hydrogen-bond donors (Lipinski definition) is 2. The lowest BCUT2D eigenvalue weighted by molar-refractivity contribution is -0.384. The van der Waals surface area contributed by atoms with Crippen LogP contribution in [-0.2, 0) is 0 Å². The molecule has 2 N–H and O–H groups in total. The second kappa shape index (κ2) is 6.93. The quantitative estimate of drug-likeness (QED) is 0.565. The number of benzene rings is 1. The molecule has 0 bridgehead atoms. The summed E-state index contributed by atoms with van der Waals surface area (Å²) in [6, 6.07) is 4.39. The number of nitro benzene ring substituents is 1. The number of non-ortho nitro benzene ring substituents is 1. The fourth-order valence-corrected chi connectivity index (χ4v) is 1.46. The largest absolute Gasteiger partial charge is 0.491 e. The van der Waals surface area contributed by atoms with Gasteiger partial charge in [-0.05, 0) is 25.1 Å². The zero-order valence-electron chi connectivity index (χ0n) is 10.5. The molecule has 0 spiro atoms. The van der Waals surface area contributed by atoms with Gasteiger partial charge in [0.25, 0.3) is 5.69 Å². The first-order valence-electron chi connectivity index (χ1n) is 5.81. The average molecular weight is 254 g/mol. The van der Waals surface area contributed by atoms with Crippen LogP contribution in [0, 0.1) is 17.0 Å². The van der Waals surface area contributed by atoms with Crippen molar-refractivity contribution in [2.45, 2.75) is 20.0 Å². The number of ether oxygens (including phenoxy) is 1.